The summed E-state index contributed by atoms with van der Waals surface area (Å²) in [5.74, 6) is 1.98. The topological polar surface area (TPSA) is 30.5 Å². The smallest absolute Gasteiger partial charge is 0.144 e. The molecule has 1 saturated heterocycles. The highest BCUT2D eigenvalue weighted by atomic mass is 35.5. The van der Waals surface area contributed by atoms with Crippen molar-refractivity contribution in [2.75, 3.05) is 27.3 Å². The fraction of sp³-hybridized carbons (Fsp3) is 0.571. The summed E-state index contributed by atoms with van der Waals surface area (Å²) in [7, 11) is 3.31. The maximum Gasteiger partial charge on any atom is 0.144 e. The molecule has 0 amide bonds. The van der Waals surface area contributed by atoms with Crippen molar-refractivity contribution < 1.29 is 9.47 Å². The van der Waals surface area contributed by atoms with Gasteiger partial charge in [0, 0.05) is 18.0 Å². The number of aryl methyl sites for hydroxylation is 1. The second-order valence-electron chi connectivity index (χ2n) is 4.55. The van der Waals surface area contributed by atoms with Gasteiger partial charge in [-0.05, 0) is 31.0 Å². The van der Waals surface area contributed by atoms with E-state index >= 15 is 0 Å². The van der Waals surface area contributed by atoms with Gasteiger partial charge in [0.05, 0.1) is 14.2 Å². The van der Waals surface area contributed by atoms with E-state index in [1.165, 1.54) is 5.56 Å². The highest BCUT2D eigenvalue weighted by Gasteiger charge is 2.25. The molecule has 1 heterocycles. The Morgan fingerprint density at radius 1 is 1.33 bits per heavy atom. The molecule has 1 atom stereocenters. The van der Waals surface area contributed by atoms with E-state index in [-0.39, 0.29) is 0 Å². The van der Waals surface area contributed by atoms with E-state index in [1.54, 1.807) is 14.2 Å². The van der Waals surface area contributed by atoms with Crippen molar-refractivity contribution >= 4 is 11.6 Å². The van der Waals surface area contributed by atoms with E-state index in [4.69, 9.17) is 21.1 Å². The lowest BCUT2D eigenvalue weighted by Crippen LogP contribution is -2.09. The summed E-state index contributed by atoms with van der Waals surface area (Å²) in [6.45, 7) is 4.15. The Hall–Kier alpha value is -0.930. The quantitative estimate of drug-likeness (QED) is 0.912. The van der Waals surface area contributed by atoms with E-state index < -0.39 is 0 Å². The lowest BCUT2D eigenvalue weighted by molar-refractivity contribution is 0.386. The van der Waals surface area contributed by atoms with Gasteiger partial charge in [0.2, 0.25) is 0 Å². The van der Waals surface area contributed by atoms with E-state index in [0.717, 1.165) is 43.0 Å². The van der Waals surface area contributed by atoms with Crippen LogP contribution in [0.3, 0.4) is 0 Å². The SMILES string of the molecule is CCc1cc(C2CCNC2)c(OC)c(Cl)c1OC. The summed E-state index contributed by atoms with van der Waals surface area (Å²) in [6.07, 6.45) is 2.03. The van der Waals surface area contributed by atoms with Crippen LogP contribution in [0, 0.1) is 0 Å². The third kappa shape index (κ3) is 2.29. The van der Waals surface area contributed by atoms with E-state index in [1.807, 2.05) is 0 Å². The predicted molar refractivity (Wildman–Crippen MR) is 74.2 cm³/mol. The molecule has 4 heteroatoms. The van der Waals surface area contributed by atoms with Gasteiger partial charge in [0.25, 0.3) is 0 Å². The molecule has 0 bridgehead atoms. The Labute approximate surface area is 113 Å². The minimum Gasteiger partial charge on any atom is -0.495 e. The Balaban J connectivity index is 2.53. The van der Waals surface area contributed by atoms with E-state index in [9.17, 15) is 0 Å². The van der Waals surface area contributed by atoms with Gasteiger partial charge in [0.1, 0.15) is 16.5 Å². The molecule has 0 saturated carbocycles. The monoisotopic (exact) mass is 269 g/mol. The van der Waals surface area contributed by atoms with Crippen molar-refractivity contribution in [3.63, 3.8) is 0 Å². The number of benzene rings is 1. The third-order valence-electron chi connectivity index (χ3n) is 3.57. The zero-order chi connectivity index (χ0) is 13.1. The van der Waals surface area contributed by atoms with Crippen LogP contribution in [0.5, 0.6) is 11.5 Å². The number of hydrogen-bond donors (Lipinski definition) is 1. The number of methoxy groups -OCH3 is 2. The second kappa shape index (κ2) is 5.81. The first-order chi connectivity index (χ1) is 8.72. The Bertz CT molecular complexity index is 428. The van der Waals surface area contributed by atoms with Crippen LogP contribution in [0.2, 0.25) is 5.02 Å². The average molecular weight is 270 g/mol. The third-order valence-corrected chi connectivity index (χ3v) is 3.91. The zero-order valence-corrected chi connectivity index (χ0v) is 11.9. The van der Waals surface area contributed by atoms with Gasteiger partial charge in [-0.2, -0.15) is 0 Å². The van der Waals surface area contributed by atoms with Crippen LogP contribution in [0.4, 0.5) is 0 Å². The molecular weight excluding hydrogens is 250 g/mol. The minimum atomic E-state index is 0.480. The van der Waals surface area contributed by atoms with Gasteiger partial charge < -0.3 is 14.8 Å². The second-order valence-corrected chi connectivity index (χ2v) is 4.93. The normalized spacial score (nSPS) is 19.0. The van der Waals surface area contributed by atoms with Gasteiger partial charge in [-0.1, -0.05) is 18.5 Å². The van der Waals surface area contributed by atoms with Gasteiger partial charge in [-0.15, -0.1) is 0 Å². The van der Waals surface area contributed by atoms with Gasteiger partial charge in [-0.3, -0.25) is 0 Å². The first-order valence-corrected chi connectivity index (χ1v) is 6.74. The van der Waals surface area contributed by atoms with Crippen molar-refractivity contribution in [3.8, 4) is 11.5 Å². The molecular formula is C14H20ClNO2. The first kappa shape index (κ1) is 13.5. The molecule has 1 aliphatic rings. The fourth-order valence-electron chi connectivity index (χ4n) is 2.60. The van der Waals surface area contributed by atoms with Crippen LogP contribution >= 0.6 is 11.6 Å². The van der Waals surface area contributed by atoms with Crippen LogP contribution in [-0.4, -0.2) is 27.3 Å². The van der Waals surface area contributed by atoms with Crippen molar-refractivity contribution in [2.45, 2.75) is 25.7 Å². The average Bonchev–Trinajstić information content (AvgIpc) is 2.91. The Morgan fingerprint density at radius 3 is 2.56 bits per heavy atom. The predicted octanol–water partition coefficient (Wildman–Crippen LogP) is 3.00. The minimum absolute atomic E-state index is 0.480. The maximum absolute atomic E-state index is 6.41. The number of halogens is 1. The molecule has 3 nitrogen and oxygen atoms in total. The van der Waals surface area contributed by atoms with Crippen molar-refractivity contribution in [2.24, 2.45) is 0 Å². The fourth-order valence-corrected chi connectivity index (χ4v) is 2.99. The van der Waals surface area contributed by atoms with Crippen LogP contribution < -0.4 is 14.8 Å². The molecule has 18 heavy (non-hydrogen) atoms. The molecule has 1 unspecified atom stereocenters. The van der Waals surface area contributed by atoms with E-state index in [2.05, 4.69) is 18.3 Å². The Kier molecular flexibility index (Phi) is 4.36. The highest BCUT2D eigenvalue weighted by Crippen LogP contribution is 2.43. The van der Waals surface area contributed by atoms with Gasteiger partial charge in [-0.25, -0.2) is 0 Å². The maximum atomic E-state index is 6.41. The first-order valence-electron chi connectivity index (χ1n) is 6.36. The zero-order valence-electron chi connectivity index (χ0n) is 11.2. The summed E-state index contributed by atoms with van der Waals surface area (Å²) in [5.41, 5.74) is 2.34. The van der Waals surface area contributed by atoms with Crippen LogP contribution in [0.25, 0.3) is 0 Å². The van der Waals surface area contributed by atoms with Crippen LogP contribution in [0.15, 0.2) is 6.07 Å². The number of nitrogens with one attached hydrogen (secondary N) is 1. The number of hydrogen-bond acceptors (Lipinski definition) is 3. The summed E-state index contributed by atoms with van der Waals surface area (Å²) in [4.78, 5) is 0. The molecule has 100 valence electrons. The Morgan fingerprint density at radius 2 is 2.06 bits per heavy atom. The largest absolute Gasteiger partial charge is 0.495 e. The highest BCUT2D eigenvalue weighted by molar-refractivity contribution is 6.33. The summed E-state index contributed by atoms with van der Waals surface area (Å²) >= 11 is 6.41. The standard InChI is InChI=1S/C14H20ClNO2/c1-4-9-7-11(10-5-6-16-8-10)14(18-3)12(15)13(9)17-2/h7,10,16H,4-6,8H2,1-3H3. The molecule has 1 fully saturated rings. The molecule has 1 aliphatic heterocycles. The molecule has 0 spiro atoms. The summed E-state index contributed by atoms with van der Waals surface area (Å²) in [6, 6.07) is 2.18. The van der Waals surface area contributed by atoms with Gasteiger partial charge >= 0.3 is 0 Å². The van der Waals surface area contributed by atoms with Crippen molar-refractivity contribution in [1.29, 1.82) is 0 Å². The lowest BCUT2D eigenvalue weighted by Gasteiger charge is -2.19. The number of ether oxygens (including phenoxy) is 2. The molecule has 1 N–H and O–H groups in total. The van der Waals surface area contributed by atoms with Crippen molar-refractivity contribution in [1.82, 2.24) is 5.32 Å². The van der Waals surface area contributed by atoms with Crippen LogP contribution in [-0.2, 0) is 6.42 Å². The summed E-state index contributed by atoms with van der Waals surface area (Å²) in [5, 5.41) is 3.98. The molecule has 1 aromatic rings. The molecule has 0 aromatic heterocycles. The molecule has 1 aromatic carbocycles. The molecule has 0 radical (unpaired) electrons. The van der Waals surface area contributed by atoms with Gasteiger partial charge in [0.15, 0.2) is 0 Å². The van der Waals surface area contributed by atoms with Crippen LogP contribution in [0.1, 0.15) is 30.4 Å². The molecule has 0 aliphatic carbocycles. The number of rotatable bonds is 4. The van der Waals surface area contributed by atoms with Crippen molar-refractivity contribution in [3.05, 3.63) is 22.2 Å². The van der Waals surface area contributed by atoms with E-state index in [0.29, 0.717) is 10.9 Å². The lowest BCUT2D eigenvalue weighted by atomic mass is 9.94. The summed E-state index contributed by atoms with van der Waals surface area (Å²) < 4.78 is 10.9. The molecule has 2 rings (SSSR count).